The largest absolute Gasteiger partial charge is 0.368 e. The van der Waals surface area contributed by atoms with E-state index in [1.165, 1.54) is 0 Å². The van der Waals surface area contributed by atoms with Crippen LogP contribution in [-0.2, 0) is 9.59 Å². The van der Waals surface area contributed by atoms with Crippen LogP contribution in [0.25, 0.3) is 0 Å². The third kappa shape index (κ3) is 4.43. The van der Waals surface area contributed by atoms with Crippen LogP contribution in [-0.4, -0.2) is 41.9 Å². The Morgan fingerprint density at radius 1 is 1.33 bits per heavy atom. The first-order valence-electron chi connectivity index (χ1n) is 8.37. The summed E-state index contributed by atoms with van der Waals surface area (Å²) >= 11 is 0. The van der Waals surface area contributed by atoms with Gasteiger partial charge in [0.1, 0.15) is 0 Å². The Bertz CT molecular complexity index is 382. The molecule has 21 heavy (non-hydrogen) atoms. The van der Waals surface area contributed by atoms with Gasteiger partial charge < -0.3 is 16.0 Å². The van der Waals surface area contributed by atoms with Crippen LogP contribution in [0.5, 0.6) is 0 Å². The van der Waals surface area contributed by atoms with E-state index in [-0.39, 0.29) is 18.0 Å². The molecule has 2 aliphatic rings. The number of unbranched alkanes of at least 4 members (excludes halogenated alkanes) is 1. The first-order valence-corrected chi connectivity index (χ1v) is 8.37. The summed E-state index contributed by atoms with van der Waals surface area (Å²) in [5.41, 5.74) is 5.50. The third-order valence-corrected chi connectivity index (χ3v) is 4.75. The maximum absolute atomic E-state index is 12.1. The van der Waals surface area contributed by atoms with E-state index in [0.29, 0.717) is 17.7 Å². The Morgan fingerprint density at radius 2 is 2.05 bits per heavy atom. The van der Waals surface area contributed by atoms with Crippen molar-refractivity contribution in [3.63, 3.8) is 0 Å². The van der Waals surface area contributed by atoms with Gasteiger partial charge in [-0.1, -0.05) is 26.7 Å². The summed E-state index contributed by atoms with van der Waals surface area (Å²) in [5.74, 6) is 0.736. The lowest BCUT2D eigenvalue weighted by Crippen LogP contribution is -2.55. The van der Waals surface area contributed by atoms with Crippen molar-refractivity contribution in [3.05, 3.63) is 0 Å². The molecule has 0 unspecified atom stereocenters. The van der Waals surface area contributed by atoms with E-state index in [1.807, 2.05) is 4.90 Å². The summed E-state index contributed by atoms with van der Waals surface area (Å²) in [6.07, 6.45) is 5.91. The molecule has 3 atom stereocenters. The molecule has 1 aliphatic heterocycles. The number of carbonyl (C=O) groups is 2. The number of nitrogens with one attached hydrogen (secondary N) is 1. The van der Waals surface area contributed by atoms with Gasteiger partial charge in [0, 0.05) is 25.0 Å². The Morgan fingerprint density at radius 3 is 2.57 bits per heavy atom. The van der Waals surface area contributed by atoms with Crippen molar-refractivity contribution in [1.82, 2.24) is 10.2 Å². The number of hydrogen-bond acceptors (Lipinski definition) is 3. The summed E-state index contributed by atoms with van der Waals surface area (Å²) in [7, 11) is 0. The summed E-state index contributed by atoms with van der Waals surface area (Å²) < 4.78 is 0. The minimum absolute atomic E-state index is 0.233. The highest BCUT2D eigenvalue weighted by Crippen LogP contribution is 2.32. The van der Waals surface area contributed by atoms with Crippen LogP contribution >= 0.6 is 0 Å². The summed E-state index contributed by atoms with van der Waals surface area (Å²) in [6, 6.07) is 0.0469. The van der Waals surface area contributed by atoms with E-state index >= 15 is 0 Å². The number of carbonyl (C=O) groups excluding carboxylic acids is 2. The first-order chi connectivity index (χ1) is 10.0. The highest BCUT2D eigenvalue weighted by Gasteiger charge is 2.37. The van der Waals surface area contributed by atoms with Crippen molar-refractivity contribution >= 4 is 11.8 Å². The van der Waals surface area contributed by atoms with Crippen molar-refractivity contribution in [2.45, 2.75) is 64.5 Å². The molecule has 0 radical (unpaired) electrons. The number of nitrogens with zero attached hydrogens (tertiary/aromatic N) is 1. The zero-order valence-corrected chi connectivity index (χ0v) is 13.3. The van der Waals surface area contributed by atoms with Crippen LogP contribution in [0.2, 0.25) is 0 Å². The summed E-state index contributed by atoms with van der Waals surface area (Å²) in [5, 5.41) is 3.43. The molecule has 2 rings (SSSR count). The first kappa shape index (κ1) is 16.3. The molecule has 2 amide bonds. The van der Waals surface area contributed by atoms with Gasteiger partial charge in [-0.2, -0.15) is 0 Å². The third-order valence-electron chi connectivity index (χ3n) is 4.75. The maximum Gasteiger partial charge on any atom is 0.234 e. The van der Waals surface area contributed by atoms with Crippen molar-refractivity contribution < 1.29 is 9.59 Å². The molecule has 0 aromatic rings. The molecule has 0 aromatic carbocycles. The number of primary amides is 1. The predicted molar refractivity (Wildman–Crippen MR) is 82.5 cm³/mol. The lowest BCUT2D eigenvalue weighted by molar-refractivity contribution is -0.135. The van der Waals surface area contributed by atoms with Gasteiger partial charge in [0.25, 0.3) is 0 Å². The van der Waals surface area contributed by atoms with Crippen LogP contribution < -0.4 is 11.1 Å². The van der Waals surface area contributed by atoms with E-state index < -0.39 is 0 Å². The molecule has 5 heteroatoms. The molecule has 3 N–H and O–H groups in total. The van der Waals surface area contributed by atoms with Gasteiger partial charge in [-0.15, -0.1) is 0 Å². The van der Waals surface area contributed by atoms with Crippen LogP contribution in [0.1, 0.15) is 52.4 Å². The fourth-order valence-corrected chi connectivity index (χ4v) is 3.16. The van der Waals surface area contributed by atoms with Crippen molar-refractivity contribution in [2.75, 3.05) is 13.1 Å². The second-order valence-corrected chi connectivity index (χ2v) is 6.69. The SMILES string of the molecule is CCCC[C@H](N[C@H]1CCN(C(=O)C2CC2)C[C@@H]1C)C(N)=O. The van der Waals surface area contributed by atoms with E-state index in [2.05, 4.69) is 19.2 Å². The molecule has 5 nitrogen and oxygen atoms in total. The second-order valence-electron chi connectivity index (χ2n) is 6.69. The molecule has 0 bridgehead atoms. The summed E-state index contributed by atoms with van der Waals surface area (Å²) in [6.45, 7) is 5.87. The smallest absolute Gasteiger partial charge is 0.234 e. The van der Waals surface area contributed by atoms with Gasteiger partial charge in [0.2, 0.25) is 11.8 Å². The zero-order chi connectivity index (χ0) is 15.4. The molecular formula is C16H29N3O2. The second kappa shape index (κ2) is 7.25. The molecule has 2 fully saturated rings. The van der Waals surface area contributed by atoms with Crippen LogP contribution in [0.3, 0.4) is 0 Å². The van der Waals surface area contributed by atoms with Gasteiger partial charge in [0.05, 0.1) is 6.04 Å². The van der Waals surface area contributed by atoms with Gasteiger partial charge in [0.15, 0.2) is 0 Å². The number of amides is 2. The average molecular weight is 295 g/mol. The topological polar surface area (TPSA) is 75.4 Å². The van der Waals surface area contributed by atoms with Gasteiger partial charge >= 0.3 is 0 Å². The fraction of sp³-hybridized carbons (Fsp3) is 0.875. The van der Waals surface area contributed by atoms with E-state index in [0.717, 1.165) is 51.6 Å². The molecule has 1 heterocycles. The van der Waals surface area contributed by atoms with Crippen molar-refractivity contribution in [2.24, 2.45) is 17.6 Å². The summed E-state index contributed by atoms with van der Waals surface area (Å²) in [4.78, 5) is 25.7. The van der Waals surface area contributed by atoms with Gasteiger partial charge in [-0.05, 0) is 31.6 Å². The fourth-order valence-electron chi connectivity index (χ4n) is 3.16. The molecule has 0 aromatic heterocycles. The normalized spacial score (nSPS) is 27.4. The molecular weight excluding hydrogens is 266 g/mol. The quantitative estimate of drug-likeness (QED) is 0.742. The molecule has 120 valence electrons. The Labute approximate surface area is 127 Å². The average Bonchev–Trinajstić information content (AvgIpc) is 3.28. The molecule has 0 spiro atoms. The Hall–Kier alpha value is -1.10. The monoisotopic (exact) mass is 295 g/mol. The number of piperidine rings is 1. The van der Waals surface area contributed by atoms with Crippen LogP contribution in [0.4, 0.5) is 0 Å². The van der Waals surface area contributed by atoms with Crippen LogP contribution in [0, 0.1) is 11.8 Å². The maximum atomic E-state index is 12.1. The highest BCUT2D eigenvalue weighted by molar-refractivity contribution is 5.81. The zero-order valence-electron chi connectivity index (χ0n) is 13.3. The number of hydrogen-bond donors (Lipinski definition) is 2. The van der Waals surface area contributed by atoms with E-state index in [1.54, 1.807) is 0 Å². The Balaban J connectivity index is 1.83. The lowest BCUT2D eigenvalue weighted by atomic mass is 9.92. The minimum Gasteiger partial charge on any atom is -0.368 e. The number of rotatable bonds is 7. The number of nitrogens with two attached hydrogens (primary N) is 1. The number of likely N-dealkylation sites (tertiary alicyclic amines) is 1. The van der Waals surface area contributed by atoms with Gasteiger partial charge in [-0.25, -0.2) is 0 Å². The molecule has 1 saturated heterocycles. The van der Waals surface area contributed by atoms with Gasteiger partial charge in [-0.3, -0.25) is 9.59 Å². The van der Waals surface area contributed by atoms with Crippen LogP contribution in [0.15, 0.2) is 0 Å². The highest BCUT2D eigenvalue weighted by atomic mass is 16.2. The minimum atomic E-state index is -0.257. The molecule has 1 saturated carbocycles. The lowest BCUT2D eigenvalue weighted by Gasteiger charge is -2.39. The van der Waals surface area contributed by atoms with Crippen molar-refractivity contribution in [1.29, 1.82) is 0 Å². The Kier molecular flexibility index (Phi) is 5.62. The standard InChI is InChI=1S/C16H29N3O2/c1-3-4-5-14(15(17)20)18-13-8-9-19(10-11(13)2)16(21)12-6-7-12/h11-14,18H,3-10H2,1-2H3,(H2,17,20)/t11-,13-,14-/m0/s1. The van der Waals surface area contributed by atoms with E-state index in [9.17, 15) is 9.59 Å². The predicted octanol–water partition coefficient (Wildman–Crippen LogP) is 1.27. The van der Waals surface area contributed by atoms with Crippen molar-refractivity contribution in [3.8, 4) is 0 Å². The molecule has 1 aliphatic carbocycles. The van der Waals surface area contributed by atoms with E-state index in [4.69, 9.17) is 5.73 Å².